The summed E-state index contributed by atoms with van der Waals surface area (Å²) in [5.41, 5.74) is 3.85. The molecule has 0 radical (unpaired) electrons. The second kappa shape index (κ2) is 5.70. The van der Waals surface area contributed by atoms with Crippen molar-refractivity contribution in [1.82, 2.24) is 5.32 Å². The molecule has 1 atom stereocenters. The molecule has 1 aliphatic carbocycles. The molecule has 3 heteroatoms. The number of nitrogens with one attached hydrogen (secondary N) is 1. The van der Waals surface area contributed by atoms with E-state index in [4.69, 9.17) is 4.74 Å². The van der Waals surface area contributed by atoms with Gasteiger partial charge in [0.2, 0.25) is 5.91 Å². The van der Waals surface area contributed by atoms with Crippen molar-refractivity contribution in [2.45, 2.75) is 38.0 Å². The predicted molar refractivity (Wildman–Crippen MR) is 79.8 cm³/mol. The van der Waals surface area contributed by atoms with Gasteiger partial charge in [-0.3, -0.25) is 4.79 Å². The molecule has 20 heavy (non-hydrogen) atoms. The van der Waals surface area contributed by atoms with E-state index in [9.17, 15) is 4.79 Å². The summed E-state index contributed by atoms with van der Waals surface area (Å²) in [6.07, 6.45) is 7.76. The SMILES string of the molecule is COc1ccc(C2CNC(=O)C2)cc1C1=CCCCC1. The molecule has 3 nitrogen and oxygen atoms in total. The van der Waals surface area contributed by atoms with Crippen molar-refractivity contribution in [3.05, 3.63) is 35.4 Å². The Hall–Kier alpha value is -1.77. The lowest BCUT2D eigenvalue weighted by atomic mass is 9.89. The number of rotatable bonds is 3. The number of ether oxygens (including phenoxy) is 1. The van der Waals surface area contributed by atoms with E-state index in [-0.39, 0.29) is 5.91 Å². The van der Waals surface area contributed by atoms with Gasteiger partial charge in [0, 0.05) is 24.4 Å². The van der Waals surface area contributed by atoms with Crippen LogP contribution in [0.5, 0.6) is 5.75 Å². The van der Waals surface area contributed by atoms with Crippen molar-refractivity contribution in [2.75, 3.05) is 13.7 Å². The van der Waals surface area contributed by atoms with E-state index in [0.717, 1.165) is 25.1 Å². The second-order valence-electron chi connectivity index (χ2n) is 5.64. The fourth-order valence-electron chi connectivity index (χ4n) is 3.15. The summed E-state index contributed by atoms with van der Waals surface area (Å²) in [5, 5.41) is 2.91. The van der Waals surface area contributed by atoms with Crippen LogP contribution in [0.3, 0.4) is 0 Å². The van der Waals surface area contributed by atoms with Gasteiger partial charge < -0.3 is 10.1 Å². The third-order valence-electron chi connectivity index (χ3n) is 4.31. The Morgan fingerprint density at radius 3 is 2.85 bits per heavy atom. The molecule has 0 saturated carbocycles. The van der Waals surface area contributed by atoms with Gasteiger partial charge in [-0.2, -0.15) is 0 Å². The molecular weight excluding hydrogens is 250 g/mol. The summed E-state index contributed by atoms with van der Waals surface area (Å²) in [7, 11) is 1.72. The average Bonchev–Trinajstić information content (AvgIpc) is 2.94. The molecule has 0 bridgehead atoms. The minimum Gasteiger partial charge on any atom is -0.496 e. The van der Waals surface area contributed by atoms with Gasteiger partial charge in [-0.25, -0.2) is 0 Å². The molecule has 1 aliphatic heterocycles. The number of carbonyl (C=O) groups is 1. The Morgan fingerprint density at radius 1 is 1.30 bits per heavy atom. The molecule has 1 aromatic rings. The largest absolute Gasteiger partial charge is 0.496 e. The Balaban J connectivity index is 1.94. The summed E-state index contributed by atoms with van der Waals surface area (Å²) in [4.78, 5) is 11.4. The Labute approximate surface area is 120 Å². The number of benzene rings is 1. The van der Waals surface area contributed by atoms with Crippen LogP contribution in [0.2, 0.25) is 0 Å². The maximum absolute atomic E-state index is 11.4. The van der Waals surface area contributed by atoms with E-state index in [1.165, 1.54) is 29.5 Å². The highest BCUT2D eigenvalue weighted by atomic mass is 16.5. The third kappa shape index (κ3) is 2.58. The molecule has 0 aromatic heterocycles. The monoisotopic (exact) mass is 271 g/mol. The maximum Gasteiger partial charge on any atom is 0.220 e. The Morgan fingerprint density at radius 2 is 2.20 bits per heavy atom. The van der Waals surface area contributed by atoms with E-state index in [0.29, 0.717) is 12.3 Å². The van der Waals surface area contributed by atoms with E-state index < -0.39 is 0 Å². The standard InChI is InChI=1S/C17H21NO2/c1-20-16-8-7-13(14-10-17(19)18-11-14)9-15(16)12-5-3-2-4-6-12/h5,7-9,14H,2-4,6,10-11H2,1H3,(H,18,19). The van der Waals surface area contributed by atoms with Crippen molar-refractivity contribution in [1.29, 1.82) is 0 Å². The highest BCUT2D eigenvalue weighted by molar-refractivity contribution is 5.80. The first-order chi connectivity index (χ1) is 9.78. The predicted octanol–water partition coefficient (Wildman–Crippen LogP) is 3.26. The van der Waals surface area contributed by atoms with E-state index in [1.54, 1.807) is 7.11 Å². The zero-order chi connectivity index (χ0) is 13.9. The number of allylic oxidation sites excluding steroid dienone is 2. The van der Waals surface area contributed by atoms with Crippen LogP contribution in [0.1, 0.15) is 49.1 Å². The molecular formula is C17H21NO2. The van der Waals surface area contributed by atoms with Crippen molar-refractivity contribution in [3.63, 3.8) is 0 Å². The summed E-state index contributed by atoms with van der Waals surface area (Å²) >= 11 is 0. The van der Waals surface area contributed by atoms with E-state index >= 15 is 0 Å². The van der Waals surface area contributed by atoms with Gasteiger partial charge in [0.15, 0.2) is 0 Å². The molecule has 1 N–H and O–H groups in total. The van der Waals surface area contributed by atoms with Crippen LogP contribution >= 0.6 is 0 Å². The smallest absolute Gasteiger partial charge is 0.220 e. The van der Waals surface area contributed by atoms with Gasteiger partial charge in [0.05, 0.1) is 7.11 Å². The van der Waals surface area contributed by atoms with Gasteiger partial charge >= 0.3 is 0 Å². The van der Waals surface area contributed by atoms with Crippen LogP contribution in [0.4, 0.5) is 0 Å². The first-order valence-electron chi connectivity index (χ1n) is 7.42. The van der Waals surface area contributed by atoms with Crippen molar-refractivity contribution in [2.24, 2.45) is 0 Å². The number of hydrogen-bond donors (Lipinski definition) is 1. The number of methoxy groups -OCH3 is 1. The zero-order valence-electron chi connectivity index (χ0n) is 11.9. The van der Waals surface area contributed by atoms with Crippen LogP contribution in [0.15, 0.2) is 24.3 Å². The van der Waals surface area contributed by atoms with Crippen LogP contribution in [-0.4, -0.2) is 19.6 Å². The van der Waals surface area contributed by atoms with Gasteiger partial charge in [0.1, 0.15) is 5.75 Å². The van der Waals surface area contributed by atoms with E-state index in [2.05, 4.69) is 23.5 Å². The number of amides is 1. The topological polar surface area (TPSA) is 38.3 Å². The fraction of sp³-hybridized carbons (Fsp3) is 0.471. The Kier molecular flexibility index (Phi) is 3.77. The number of carbonyl (C=O) groups excluding carboxylic acids is 1. The fourth-order valence-corrected chi connectivity index (χ4v) is 3.15. The maximum atomic E-state index is 11.4. The van der Waals surface area contributed by atoms with Crippen molar-refractivity contribution < 1.29 is 9.53 Å². The number of hydrogen-bond acceptors (Lipinski definition) is 2. The highest BCUT2D eigenvalue weighted by Gasteiger charge is 2.24. The summed E-state index contributed by atoms with van der Waals surface area (Å²) in [6, 6.07) is 6.36. The first-order valence-corrected chi connectivity index (χ1v) is 7.42. The lowest BCUT2D eigenvalue weighted by Gasteiger charge is -2.18. The average molecular weight is 271 g/mol. The molecule has 1 saturated heterocycles. The molecule has 1 amide bonds. The van der Waals surface area contributed by atoms with E-state index in [1.807, 2.05) is 6.07 Å². The van der Waals surface area contributed by atoms with Crippen LogP contribution in [-0.2, 0) is 4.79 Å². The summed E-state index contributed by atoms with van der Waals surface area (Å²) in [5.74, 6) is 1.40. The molecule has 1 heterocycles. The lowest BCUT2D eigenvalue weighted by Crippen LogP contribution is -2.13. The van der Waals surface area contributed by atoms with Gasteiger partial charge in [-0.05, 0) is 49.0 Å². The molecule has 0 spiro atoms. The quantitative estimate of drug-likeness (QED) is 0.916. The van der Waals surface area contributed by atoms with Crippen molar-refractivity contribution >= 4 is 11.5 Å². The molecule has 1 fully saturated rings. The lowest BCUT2D eigenvalue weighted by molar-refractivity contribution is -0.119. The van der Waals surface area contributed by atoms with Gasteiger partial charge in [-0.1, -0.05) is 12.1 Å². The molecule has 1 unspecified atom stereocenters. The molecule has 3 rings (SSSR count). The molecule has 2 aliphatic rings. The molecule has 1 aromatic carbocycles. The molecule has 106 valence electrons. The van der Waals surface area contributed by atoms with Crippen LogP contribution < -0.4 is 10.1 Å². The Bertz CT molecular complexity index is 548. The van der Waals surface area contributed by atoms with Crippen molar-refractivity contribution in [3.8, 4) is 5.75 Å². The van der Waals surface area contributed by atoms with Gasteiger partial charge in [-0.15, -0.1) is 0 Å². The third-order valence-corrected chi connectivity index (χ3v) is 4.31. The minimum atomic E-state index is 0.157. The summed E-state index contributed by atoms with van der Waals surface area (Å²) in [6.45, 7) is 0.754. The van der Waals surface area contributed by atoms with Crippen LogP contribution in [0, 0.1) is 0 Å². The zero-order valence-corrected chi connectivity index (χ0v) is 11.9. The minimum absolute atomic E-state index is 0.157. The normalized spacial score (nSPS) is 22.4. The summed E-state index contributed by atoms with van der Waals surface area (Å²) < 4.78 is 5.51. The second-order valence-corrected chi connectivity index (χ2v) is 5.64. The first kappa shape index (κ1) is 13.2. The van der Waals surface area contributed by atoms with Gasteiger partial charge in [0.25, 0.3) is 0 Å². The highest BCUT2D eigenvalue weighted by Crippen LogP contribution is 2.36. The van der Waals surface area contributed by atoms with Crippen LogP contribution in [0.25, 0.3) is 5.57 Å².